The average molecular weight is 318 g/mol. The van der Waals surface area contributed by atoms with E-state index in [1.807, 2.05) is 11.0 Å². The molecule has 23 heavy (non-hydrogen) atoms. The molecule has 5 heteroatoms. The van der Waals surface area contributed by atoms with Gasteiger partial charge in [-0.3, -0.25) is 4.79 Å². The van der Waals surface area contributed by atoms with Crippen LogP contribution in [0.4, 0.5) is 4.39 Å². The second kappa shape index (κ2) is 5.87. The number of carbonyl (C=O) groups is 1. The van der Waals surface area contributed by atoms with E-state index in [4.69, 9.17) is 4.74 Å². The van der Waals surface area contributed by atoms with Crippen molar-refractivity contribution in [3.63, 3.8) is 0 Å². The van der Waals surface area contributed by atoms with Crippen LogP contribution in [0.15, 0.2) is 24.3 Å². The van der Waals surface area contributed by atoms with Crippen LogP contribution in [0.1, 0.15) is 30.9 Å². The Kier molecular flexibility index (Phi) is 3.85. The van der Waals surface area contributed by atoms with Crippen molar-refractivity contribution < 1.29 is 13.9 Å². The fourth-order valence-electron chi connectivity index (χ4n) is 4.17. The number of morpholine rings is 1. The maximum atomic E-state index is 14.0. The van der Waals surface area contributed by atoms with E-state index in [0.717, 1.165) is 32.4 Å². The minimum Gasteiger partial charge on any atom is -0.370 e. The third-order valence-electron chi connectivity index (χ3n) is 5.72. The molecule has 3 aliphatic rings. The zero-order chi connectivity index (χ0) is 15.9. The number of nitrogens with one attached hydrogen (secondary N) is 1. The first-order valence-electron chi connectivity index (χ1n) is 8.55. The number of carbonyl (C=O) groups excluding carboxylic acids is 1. The molecule has 1 aromatic rings. The second-order valence-corrected chi connectivity index (χ2v) is 7.03. The molecule has 2 atom stereocenters. The maximum Gasteiger partial charge on any atom is 0.226 e. The summed E-state index contributed by atoms with van der Waals surface area (Å²) < 4.78 is 19.7. The highest BCUT2D eigenvalue weighted by Gasteiger charge is 2.58. The number of halogens is 1. The number of rotatable bonds is 2. The van der Waals surface area contributed by atoms with E-state index in [-0.39, 0.29) is 29.2 Å². The van der Waals surface area contributed by atoms with Gasteiger partial charge < -0.3 is 15.0 Å². The summed E-state index contributed by atoms with van der Waals surface area (Å²) in [6.45, 7) is 3.60. The molecule has 124 valence electrons. The van der Waals surface area contributed by atoms with Crippen molar-refractivity contribution in [2.24, 2.45) is 11.3 Å². The van der Waals surface area contributed by atoms with Gasteiger partial charge in [-0.15, -0.1) is 0 Å². The molecule has 1 spiro atoms. The lowest BCUT2D eigenvalue weighted by Crippen LogP contribution is -2.44. The fourth-order valence-corrected chi connectivity index (χ4v) is 4.17. The number of nitrogens with zero attached hydrogens (tertiary/aromatic N) is 1. The van der Waals surface area contributed by atoms with Crippen molar-refractivity contribution in [1.82, 2.24) is 10.2 Å². The van der Waals surface area contributed by atoms with E-state index >= 15 is 0 Å². The first-order chi connectivity index (χ1) is 11.2. The van der Waals surface area contributed by atoms with Crippen LogP contribution in [-0.2, 0) is 9.53 Å². The SMILES string of the molecule is O=C(C1CC12CCNCC2)N1CCOC(c2ccccc2F)C1. The molecule has 0 radical (unpaired) electrons. The van der Waals surface area contributed by atoms with Gasteiger partial charge in [0.1, 0.15) is 11.9 Å². The third kappa shape index (κ3) is 2.76. The van der Waals surface area contributed by atoms with Crippen molar-refractivity contribution in [1.29, 1.82) is 0 Å². The Hall–Kier alpha value is -1.46. The summed E-state index contributed by atoms with van der Waals surface area (Å²) in [5.74, 6) is 0.161. The van der Waals surface area contributed by atoms with Crippen molar-refractivity contribution in [3.8, 4) is 0 Å². The lowest BCUT2D eigenvalue weighted by molar-refractivity contribution is -0.141. The predicted molar refractivity (Wildman–Crippen MR) is 84.3 cm³/mol. The van der Waals surface area contributed by atoms with Crippen molar-refractivity contribution >= 4 is 5.91 Å². The summed E-state index contributed by atoms with van der Waals surface area (Å²) >= 11 is 0. The van der Waals surface area contributed by atoms with Gasteiger partial charge in [-0.05, 0) is 43.8 Å². The largest absolute Gasteiger partial charge is 0.370 e. The summed E-state index contributed by atoms with van der Waals surface area (Å²) in [6.07, 6.45) is 2.88. The molecule has 2 aliphatic heterocycles. The van der Waals surface area contributed by atoms with Gasteiger partial charge in [0.2, 0.25) is 5.91 Å². The lowest BCUT2D eigenvalue weighted by atomic mass is 9.91. The van der Waals surface area contributed by atoms with Gasteiger partial charge in [0, 0.05) is 18.0 Å². The van der Waals surface area contributed by atoms with E-state index in [9.17, 15) is 9.18 Å². The molecule has 0 bridgehead atoms. The minimum absolute atomic E-state index is 0.170. The van der Waals surface area contributed by atoms with Gasteiger partial charge in [0.05, 0.1) is 13.2 Å². The Morgan fingerprint density at radius 1 is 1.30 bits per heavy atom. The highest BCUT2D eigenvalue weighted by atomic mass is 19.1. The van der Waals surface area contributed by atoms with Crippen LogP contribution in [0.25, 0.3) is 0 Å². The van der Waals surface area contributed by atoms with Gasteiger partial charge in [0.25, 0.3) is 0 Å². The molecule has 4 rings (SSSR count). The van der Waals surface area contributed by atoms with Crippen molar-refractivity contribution in [2.75, 3.05) is 32.8 Å². The van der Waals surface area contributed by atoms with Crippen LogP contribution < -0.4 is 5.32 Å². The van der Waals surface area contributed by atoms with Crippen LogP contribution >= 0.6 is 0 Å². The van der Waals surface area contributed by atoms with Gasteiger partial charge in [0.15, 0.2) is 0 Å². The molecular formula is C18H23FN2O2. The van der Waals surface area contributed by atoms with Crippen LogP contribution in [0.2, 0.25) is 0 Å². The normalized spacial score (nSPS) is 29.5. The summed E-state index contributed by atoms with van der Waals surface area (Å²) in [4.78, 5) is 14.7. The quantitative estimate of drug-likeness (QED) is 0.908. The standard InChI is InChI=1S/C18H23FN2O2/c19-15-4-2-1-3-13(15)16-12-21(9-10-23-16)17(22)14-11-18(14)5-7-20-8-6-18/h1-4,14,16,20H,5-12H2. The fraction of sp³-hybridized carbons (Fsp3) is 0.611. The number of benzene rings is 1. The number of hydrogen-bond acceptors (Lipinski definition) is 3. The van der Waals surface area contributed by atoms with Crippen molar-refractivity contribution in [3.05, 3.63) is 35.6 Å². The molecule has 4 nitrogen and oxygen atoms in total. The third-order valence-corrected chi connectivity index (χ3v) is 5.72. The van der Waals surface area contributed by atoms with E-state index < -0.39 is 0 Å². The smallest absolute Gasteiger partial charge is 0.226 e. The first-order valence-corrected chi connectivity index (χ1v) is 8.55. The Labute approximate surface area is 136 Å². The first kappa shape index (κ1) is 15.1. The molecule has 2 unspecified atom stereocenters. The molecule has 1 aromatic carbocycles. The second-order valence-electron chi connectivity index (χ2n) is 7.03. The summed E-state index contributed by atoms with van der Waals surface area (Å²) in [6, 6.07) is 6.69. The van der Waals surface area contributed by atoms with Gasteiger partial charge in [-0.2, -0.15) is 0 Å². The highest BCUT2D eigenvalue weighted by molar-refractivity contribution is 5.83. The minimum atomic E-state index is -0.350. The number of amides is 1. The highest BCUT2D eigenvalue weighted by Crippen LogP contribution is 2.59. The molecule has 1 amide bonds. The molecule has 3 fully saturated rings. The Balaban J connectivity index is 1.44. The van der Waals surface area contributed by atoms with E-state index in [1.54, 1.807) is 12.1 Å². The molecule has 0 aromatic heterocycles. The Morgan fingerprint density at radius 3 is 2.87 bits per heavy atom. The Bertz CT molecular complexity index is 600. The topological polar surface area (TPSA) is 41.6 Å². The molecule has 1 saturated carbocycles. The number of ether oxygens (including phenoxy) is 1. The van der Waals surface area contributed by atoms with Crippen molar-refractivity contribution in [2.45, 2.75) is 25.4 Å². The van der Waals surface area contributed by atoms with Crippen LogP contribution in [-0.4, -0.2) is 43.6 Å². The molecular weight excluding hydrogens is 295 g/mol. The molecule has 1 N–H and O–H groups in total. The van der Waals surface area contributed by atoms with E-state index in [2.05, 4.69) is 5.32 Å². The van der Waals surface area contributed by atoms with Crippen LogP contribution in [0.5, 0.6) is 0 Å². The van der Waals surface area contributed by atoms with Crippen LogP contribution in [0.3, 0.4) is 0 Å². The monoisotopic (exact) mass is 318 g/mol. The summed E-state index contributed by atoms with van der Waals surface area (Å²) in [5.41, 5.74) is 0.797. The zero-order valence-corrected chi connectivity index (χ0v) is 13.3. The molecule has 2 heterocycles. The number of piperidine rings is 1. The Morgan fingerprint density at radius 2 is 2.09 bits per heavy atom. The predicted octanol–water partition coefficient (Wildman–Crippen LogP) is 2.12. The number of hydrogen-bond donors (Lipinski definition) is 1. The molecule has 2 saturated heterocycles. The lowest BCUT2D eigenvalue weighted by Gasteiger charge is -2.34. The average Bonchev–Trinajstić information content (AvgIpc) is 3.28. The summed E-state index contributed by atoms with van der Waals surface area (Å²) in [5, 5.41) is 3.37. The zero-order valence-electron chi connectivity index (χ0n) is 13.3. The maximum absolute atomic E-state index is 14.0. The van der Waals surface area contributed by atoms with E-state index in [1.165, 1.54) is 6.07 Å². The van der Waals surface area contributed by atoms with Gasteiger partial charge >= 0.3 is 0 Å². The molecule has 1 aliphatic carbocycles. The van der Waals surface area contributed by atoms with Crippen LogP contribution in [0, 0.1) is 17.2 Å². The van der Waals surface area contributed by atoms with Gasteiger partial charge in [-0.1, -0.05) is 18.2 Å². The van der Waals surface area contributed by atoms with Gasteiger partial charge in [-0.25, -0.2) is 4.39 Å². The summed E-state index contributed by atoms with van der Waals surface area (Å²) in [7, 11) is 0. The van der Waals surface area contributed by atoms with E-state index in [0.29, 0.717) is 25.3 Å².